The second-order valence-electron chi connectivity index (χ2n) is 12.1. The largest absolute Gasteiger partial charge is 0.390 e. The van der Waals surface area contributed by atoms with Crippen molar-refractivity contribution >= 4 is 22.9 Å². The predicted molar refractivity (Wildman–Crippen MR) is 141 cm³/mol. The molecule has 38 heavy (non-hydrogen) atoms. The summed E-state index contributed by atoms with van der Waals surface area (Å²) in [5.41, 5.74) is -3.37. The van der Waals surface area contributed by atoms with E-state index >= 15 is 4.39 Å². The molecule has 0 spiro atoms. The average Bonchev–Trinajstić information content (AvgIpc) is 3.43. The van der Waals surface area contributed by atoms with Gasteiger partial charge in [0.25, 0.3) is 0 Å². The van der Waals surface area contributed by atoms with Gasteiger partial charge in [0.15, 0.2) is 17.2 Å². The van der Waals surface area contributed by atoms with Gasteiger partial charge in [0.05, 0.1) is 18.2 Å². The van der Waals surface area contributed by atoms with Crippen molar-refractivity contribution in [2.45, 2.75) is 70.2 Å². The number of thiazole rings is 1. The van der Waals surface area contributed by atoms with Crippen LogP contribution in [0.3, 0.4) is 0 Å². The second kappa shape index (κ2) is 8.47. The fourth-order valence-electron chi connectivity index (χ4n) is 8.44. The molecule has 2 N–H and O–H groups in total. The summed E-state index contributed by atoms with van der Waals surface area (Å²) in [5, 5.41) is 26.4. The Kier molecular flexibility index (Phi) is 5.73. The smallest absolute Gasteiger partial charge is 0.178 e. The minimum Gasteiger partial charge on any atom is -0.390 e. The van der Waals surface area contributed by atoms with Crippen molar-refractivity contribution in [1.29, 1.82) is 0 Å². The lowest BCUT2D eigenvalue weighted by Crippen LogP contribution is -2.68. The molecular formula is C30H33FN2O4S. The maximum absolute atomic E-state index is 17.4. The summed E-state index contributed by atoms with van der Waals surface area (Å²) >= 11 is 1.34. The molecule has 0 saturated heterocycles. The first-order valence-corrected chi connectivity index (χ1v) is 14.2. The van der Waals surface area contributed by atoms with Crippen LogP contribution >= 0.6 is 11.3 Å². The van der Waals surface area contributed by atoms with Crippen LogP contribution in [-0.4, -0.2) is 43.5 Å². The fraction of sp³-hybridized carbons (Fsp3) is 0.533. The van der Waals surface area contributed by atoms with E-state index in [1.54, 1.807) is 37.5 Å². The minimum atomic E-state index is -1.94. The predicted octanol–water partition coefficient (Wildman–Crippen LogP) is 4.77. The molecule has 0 aliphatic heterocycles. The monoisotopic (exact) mass is 536 g/mol. The first-order valence-electron chi connectivity index (χ1n) is 13.4. The van der Waals surface area contributed by atoms with Gasteiger partial charge in [-0.3, -0.25) is 14.6 Å². The van der Waals surface area contributed by atoms with Gasteiger partial charge >= 0.3 is 0 Å². The molecule has 2 aromatic rings. The normalized spacial score (nSPS) is 41.7. The van der Waals surface area contributed by atoms with Crippen LogP contribution in [0.4, 0.5) is 4.39 Å². The molecule has 0 unspecified atom stereocenters. The third-order valence-electron chi connectivity index (χ3n) is 10.5. The van der Waals surface area contributed by atoms with Crippen molar-refractivity contribution in [1.82, 2.24) is 9.97 Å². The zero-order chi connectivity index (χ0) is 27.1. The summed E-state index contributed by atoms with van der Waals surface area (Å²) in [6.07, 6.45) is 8.37. The van der Waals surface area contributed by atoms with Crippen LogP contribution in [0, 0.1) is 28.6 Å². The van der Waals surface area contributed by atoms with Crippen molar-refractivity contribution < 1.29 is 24.2 Å². The number of allylic oxidation sites excluding steroid dienone is 4. The number of halogens is 1. The number of aliphatic hydroxyl groups excluding tert-OH is 1. The summed E-state index contributed by atoms with van der Waals surface area (Å²) < 4.78 is 17.4. The Bertz CT molecular complexity index is 1370. The molecule has 0 amide bonds. The van der Waals surface area contributed by atoms with E-state index in [4.69, 9.17) is 4.98 Å². The number of hydrogen-bond acceptors (Lipinski definition) is 7. The number of aliphatic hydroxyl groups is 2. The van der Waals surface area contributed by atoms with E-state index in [9.17, 15) is 19.8 Å². The first-order chi connectivity index (χ1) is 17.9. The Morgan fingerprint density at radius 1 is 1.24 bits per heavy atom. The number of rotatable bonds is 4. The summed E-state index contributed by atoms with van der Waals surface area (Å²) in [4.78, 5) is 33.5. The summed E-state index contributed by atoms with van der Waals surface area (Å²) in [5.74, 6) is -1.08. The molecule has 6 rings (SSSR count). The van der Waals surface area contributed by atoms with Gasteiger partial charge in [-0.15, -0.1) is 11.3 Å². The zero-order valence-electron chi connectivity index (χ0n) is 21.9. The van der Waals surface area contributed by atoms with E-state index in [1.165, 1.54) is 23.5 Å². The molecule has 2 aromatic heterocycles. The van der Waals surface area contributed by atoms with Gasteiger partial charge in [0, 0.05) is 40.1 Å². The molecule has 4 aliphatic carbocycles. The third kappa shape index (κ3) is 3.23. The Hall–Kier alpha value is -2.55. The first kappa shape index (κ1) is 25.7. The lowest BCUT2D eigenvalue weighted by molar-refractivity contribution is -0.223. The molecular weight excluding hydrogens is 503 g/mol. The van der Waals surface area contributed by atoms with Crippen molar-refractivity contribution in [2.24, 2.45) is 28.6 Å². The van der Waals surface area contributed by atoms with Crippen LogP contribution in [0.1, 0.15) is 67.5 Å². The molecule has 2 heterocycles. The standard InChI is InChI=1S/C30H33FN2O4S/c1-17-12-22-21-5-4-19-13-20(34)6-9-27(19,2)29(21,31)25(36)15-28(22,3)30(17,37)24-16-38-26(33-24)14-23(35)18-7-10-32-11-8-18/h6-11,13,16-17,21-22,25,36-37H,4-5,12,14-15H2,1-3H3/t17-,21+,22+,25+,27+,28+,29+,30+/m1/s1. The number of ketones is 2. The van der Waals surface area contributed by atoms with Crippen LogP contribution in [0.2, 0.25) is 0 Å². The highest BCUT2D eigenvalue weighted by Crippen LogP contribution is 2.72. The molecule has 200 valence electrons. The van der Waals surface area contributed by atoms with E-state index in [2.05, 4.69) is 4.98 Å². The van der Waals surface area contributed by atoms with Gasteiger partial charge in [0.2, 0.25) is 0 Å². The van der Waals surface area contributed by atoms with Crippen LogP contribution in [-0.2, 0) is 16.8 Å². The van der Waals surface area contributed by atoms with E-state index in [-0.39, 0.29) is 36.2 Å². The molecule has 6 nitrogen and oxygen atoms in total. The molecule has 0 aromatic carbocycles. The average molecular weight is 537 g/mol. The van der Waals surface area contributed by atoms with Crippen molar-refractivity contribution in [2.75, 3.05) is 0 Å². The second-order valence-corrected chi connectivity index (χ2v) is 13.1. The van der Waals surface area contributed by atoms with Gasteiger partial charge in [-0.1, -0.05) is 25.5 Å². The van der Waals surface area contributed by atoms with Gasteiger partial charge in [-0.05, 0) is 68.7 Å². The van der Waals surface area contributed by atoms with E-state index < -0.39 is 34.1 Å². The number of hydrogen-bond donors (Lipinski definition) is 2. The number of alkyl halides is 1. The fourth-order valence-corrected chi connectivity index (χ4v) is 9.28. The van der Waals surface area contributed by atoms with E-state index in [1.807, 2.05) is 19.2 Å². The lowest BCUT2D eigenvalue weighted by atomic mass is 9.44. The Morgan fingerprint density at radius 3 is 2.71 bits per heavy atom. The van der Waals surface area contributed by atoms with Gasteiger partial charge in [-0.2, -0.15) is 0 Å². The topological polar surface area (TPSA) is 100 Å². The Morgan fingerprint density at radius 2 is 1.97 bits per heavy atom. The maximum atomic E-state index is 17.4. The van der Waals surface area contributed by atoms with Crippen LogP contribution in [0.25, 0.3) is 0 Å². The molecule has 0 radical (unpaired) electrons. The van der Waals surface area contributed by atoms with Crippen LogP contribution in [0.5, 0.6) is 0 Å². The van der Waals surface area contributed by atoms with E-state index in [0.29, 0.717) is 35.5 Å². The minimum absolute atomic E-state index is 0.0718. The summed E-state index contributed by atoms with van der Waals surface area (Å²) in [6, 6.07) is 3.34. The van der Waals surface area contributed by atoms with Gasteiger partial charge in [0.1, 0.15) is 10.6 Å². The highest BCUT2D eigenvalue weighted by atomic mass is 32.1. The van der Waals surface area contributed by atoms with Crippen LogP contribution in [0.15, 0.2) is 53.7 Å². The number of nitrogens with zero attached hydrogens (tertiary/aromatic N) is 2. The quantitative estimate of drug-likeness (QED) is 0.546. The van der Waals surface area contributed by atoms with Crippen molar-refractivity contribution in [3.05, 3.63) is 70.0 Å². The lowest BCUT2D eigenvalue weighted by Gasteiger charge is -2.62. The van der Waals surface area contributed by atoms with E-state index in [0.717, 1.165) is 5.57 Å². The third-order valence-corrected chi connectivity index (χ3v) is 11.3. The number of fused-ring (bicyclic) bond motifs is 5. The zero-order valence-corrected chi connectivity index (χ0v) is 22.7. The summed E-state index contributed by atoms with van der Waals surface area (Å²) in [6.45, 7) is 5.75. The van der Waals surface area contributed by atoms with Crippen LogP contribution < -0.4 is 0 Å². The molecule has 0 bridgehead atoms. The molecule has 8 atom stereocenters. The number of Topliss-reactive ketones (excluding diaryl/α,β-unsaturated/α-hetero) is 1. The molecule has 4 aliphatic rings. The number of pyridine rings is 1. The Balaban J connectivity index is 1.34. The molecule has 8 heteroatoms. The molecule has 3 fully saturated rings. The highest BCUT2D eigenvalue weighted by Gasteiger charge is 2.74. The number of aromatic nitrogens is 2. The maximum Gasteiger partial charge on any atom is 0.178 e. The SMILES string of the molecule is C[C@@H]1C[C@H]2[C@@H]3CCC4=CC(=O)C=C[C@]4(C)[C@@]3(F)[C@@H](O)C[C@]2(C)[C@@]1(O)c1csc(CC(=O)c2ccncc2)n1. The van der Waals surface area contributed by atoms with Gasteiger partial charge in [-0.25, -0.2) is 9.37 Å². The highest BCUT2D eigenvalue weighted by molar-refractivity contribution is 7.09. The number of carbonyl (C=O) groups excluding carboxylic acids is 2. The van der Waals surface area contributed by atoms with Crippen molar-refractivity contribution in [3.63, 3.8) is 0 Å². The summed E-state index contributed by atoms with van der Waals surface area (Å²) in [7, 11) is 0. The Labute approximate surface area is 225 Å². The molecule has 3 saturated carbocycles. The van der Waals surface area contributed by atoms with Crippen molar-refractivity contribution in [3.8, 4) is 0 Å². The van der Waals surface area contributed by atoms with Gasteiger partial charge < -0.3 is 10.2 Å². The number of carbonyl (C=O) groups is 2.